The molecular formula is C12H18N4O. The number of aryl methyl sites for hydroxylation is 1. The van der Waals surface area contributed by atoms with Crippen LogP contribution in [-0.4, -0.2) is 15.0 Å². The summed E-state index contributed by atoms with van der Waals surface area (Å²) in [5, 5.41) is 8.24. The van der Waals surface area contributed by atoms with E-state index in [1.54, 1.807) is 6.26 Å². The van der Waals surface area contributed by atoms with Gasteiger partial charge in [-0.3, -0.25) is 0 Å². The van der Waals surface area contributed by atoms with Crippen molar-refractivity contribution in [2.75, 3.05) is 0 Å². The predicted molar refractivity (Wildman–Crippen MR) is 65.1 cm³/mol. The molecule has 2 N–H and O–H groups in total. The van der Waals surface area contributed by atoms with Gasteiger partial charge in [0.05, 0.1) is 6.26 Å². The van der Waals surface area contributed by atoms with Gasteiger partial charge in [0.2, 0.25) is 0 Å². The molecule has 0 aliphatic rings. The first-order valence-corrected chi connectivity index (χ1v) is 6.03. The molecule has 0 aromatic carbocycles. The van der Waals surface area contributed by atoms with Crippen LogP contribution in [0.25, 0.3) is 11.5 Å². The summed E-state index contributed by atoms with van der Waals surface area (Å²) in [5.74, 6) is 0.784. The molecule has 0 radical (unpaired) electrons. The van der Waals surface area contributed by atoms with E-state index in [4.69, 9.17) is 10.2 Å². The number of aromatic nitrogens is 3. The fourth-order valence-electron chi connectivity index (χ4n) is 1.84. The van der Waals surface area contributed by atoms with Crippen LogP contribution in [0.1, 0.15) is 31.9 Å². The molecule has 92 valence electrons. The van der Waals surface area contributed by atoms with E-state index in [-0.39, 0.29) is 0 Å². The van der Waals surface area contributed by atoms with Gasteiger partial charge >= 0.3 is 0 Å². The minimum absolute atomic E-state index is 0.379. The van der Waals surface area contributed by atoms with E-state index < -0.39 is 0 Å². The van der Waals surface area contributed by atoms with Crippen molar-refractivity contribution in [3.05, 3.63) is 24.1 Å². The van der Waals surface area contributed by atoms with E-state index in [0.29, 0.717) is 6.54 Å². The van der Waals surface area contributed by atoms with Crippen LogP contribution in [0, 0.1) is 0 Å². The quantitative estimate of drug-likeness (QED) is 0.778. The number of nitrogens with two attached hydrogens (primary N) is 1. The Balaban J connectivity index is 2.24. The molecule has 0 spiro atoms. The van der Waals surface area contributed by atoms with Crippen LogP contribution in [0.4, 0.5) is 0 Å². The number of unbranched alkanes of at least 4 members (excludes halogenated alkanes) is 2. The molecule has 0 atom stereocenters. The molecule has 2 aromatic rings. The molecule has 0 fully saturated rings. The van der Waals surface area contributed by atoms with Crippen LogP contribution in [0.5, 0.6) is 0 Å². The second-order valence-corrected chi connectivity index (χ2v) is 4.00. The first-order chi connectivity index (χ1) is 8.36. The number of hydrogen-bond acceptors (Lipinski definition) is 4. The molecule has 17 heavy (non-hydrogen) atoms. The fraction of sp³-hybridized carbons (Fsp3) is 0.500. The van der Waals surface area contributed by atoms with Gasteiger partial charge in [0.25, 0.3) is 0 Å². The molecule has 0 bridgehead atoms. The minimum Gasteiger partial charge on any atom is -0.463 e. The molecule has 5 nitrogen and oxygen atoms in total. The van der Waals surface area contributed by atoms with Crippen molar-refractivity contribution in [3.63, 3.8) is 0 Å². The largest absolute Gasteiger partial charge is 0.463 e. The van der Waals surface area contributed by atoms with Crippen LogP contribution < -0.4 is 5.73 Å². The second kappa shape index (κ2) is 5.63. The zero-order chi connectivity index (χ0) is 12.1. The summed E-state index contributed by atoms with van der Waals surface area (Å²) in [6.45, 7) is 3.42. The molecule has 0 amide bonds. The summed E-state index contributed by atoms with van der Waals surface area (Å²) in [6, 6.07) is 3.77. The molecule has 0 aliphatic carbocycles. The van der Waals surface area contributed by atoms with Gasteiger partial charge in [-0.2, -0.15) is 0 Å². The lowest BCUT2D eigenvalue weighted by Gasteiger charge is -2.04. The molecule has 0 saturated heterocycles. The molecule has 2 rings (SSSR count). The molecule has 2 aromatic heterocycles. The van der Waals surface area contributed by atoms with Gasteiger partial charge in [-0.25, -0.2) is 4.68 Å². The third-order valence-corrected chi connectivity index (χ3v) is 2.73. The van der Waals surface area contributed by atoms with Crippen molar-refractivity contribution in [2.24, 2.45) is 5.73 Å². The Morgan fingerprint density at radius 1 is 1.41 bits per heavy atom. The van der Waals surface area contributed by atoms with Crippen molar-refractivity contribution in [3.8, 4) is 11.5 Å². The van der Waals surface area contributed by atoms with Crippen molar-refractivity contribution in [1.29, 1.82) is 0 Å². The first kappa shape index (κ1) is 11.9. The summed E-state index contributed by atoms with van der Waals surface area (Å²) in [4.78, 5) is 0. The highest BCUT2D eigenvalue weighted by Crippen LogP contribution is 2.22. The fourth-order valence-corrected chi connectivity index (χ4v) is 1.84. The first-order valence-electron chi connectivity index (χ1n) is 6.03. The Bertz CT molecular complexity index is 447. The van der Waals surface area contributed by atoms with Gasteiger partial charge in [-0.1, -0.05) is 25.0 Å². The normalized spacial score (nSPS) is 10.9. The monoisotopic (exact) mass is 234 g/mol. The van der Waals surface area contributed by atoms with E-state index in [9.17, 15) is 0 Å². The Labute approximate surface area is 101 Å². The molecule has 0 unspecified atom stereocenters. The van der Waals surface area contributed by atoms with Gasteiger partial charge in [-0.15, -0.1) is 5.10 Å². The van der Waals surface area contributed by atoms with E-state index >= 15 is 0 Å². The maximum Gasteiger partial charge on any atom is 0.153 e. The van der Waals surface area contributed by atoms with Gasteiger partial charge in [-0.05, 0) is 18.6 Å². The topological polar surface area (TPSA) is 69.9 Å². The Kier molecular flexibility index (Phi) is 3.93. The van der Waals surface area contributed by atoms with Crippen molar-refractivity contribution in [1.82, 2.24) is 15.0 Å². The van der Waals surface area contributed by atoms with Gasteiger partial charge in [0.15, 0.2) is 5.76 Å². The van der Waals surface area contributed by atoms with Gasteiger partial charge in [0, 0.05) is 13.1 Å². The number of hydrogen-bond donors (Lipinski definition) is 1. The lowest BCUT2D eigenvalue weighted by molar-refractivity contribution is 0.524. The Hall–Kier alpha value is -1.62. The SMILES string of the molecule is CCCCCn1nnc(CN)c1-c1ccco1. The summed E-state index contributed by atoms with van der Waals surface area (Å²) in [5.41, 5.74) is 7.37. The van der Waals surface area contributed by atoms with E-state index in [1.165, 1.54) is 12.8 Å². The highest BCUT2D eigenvalue weighted by Gasteiger charge is 2.15. The summed E-state index contributed by atoms with van der Waals surface area (Å²) >= 11 is 0. The maximum atomic E-state index is 5.67. The average molecular weight is 234 g/mol. The highest BCUT2D eigenvalue weighted by atomic mass is 16.3. The molecule has 0 aliphatic heterocycles. The predicted octanol–water partition coefficient (Wildman–Crippen LogP) is 2.19. The van der Waals surface area contributed by atoms with Crippen molar-refractivity contribution in [2.45, 2.75) is 39.3 Å². The summed E-state index contributed by atoms with van der Waals surface area (Å²) in [7, 11) is 0. The smallest absolute Gasteiger partial charge is 0.153 e. The third-order valence-electron chi connectivity index (χ3n) is 2.73. The standard InChI is InChI=1S/C12H18N4O/c1-2-3-4-7-16-12(10(9-13)14-15-16)11-6-5-8-17-11/h5-6,8H,2-4,7,9,13H2,1H3. The van der Waals surface area contributed by atoms with Crippen LogP contribution in [-0.2, 0) is 13.1 Å². The summed E-state index contributed by atoms with van der Waals surface area (Å²) in [6.07, 6.45) is 5.13. The zero-order valence-electron chi connectivity index (χ0n) is 10.1. The molecular weight excluding hydrogens is 216 g/mol. The number of nitrogens with zero attached hydrogens (tertiary/aromatic N) is 3. The van der Waals surface area contributed by atoms with Crippen molar-refractivity contribution < 1.29 is 4.42 Å². The Morgan fingerprint density at radius 3 is 2.94 bits per heavy atom. The maximum absolute atomic E-state index is 5.67. The lowest BCUT2D eigenvalue weighted by Crippen LogP contribution is -2.04. The third kappa shape index (κ3) is 2.55. The molecule has 5 heteroatoms. The Morgan fingerprint density at radius 2 is 2.29 bits per heavy atom. The number of furan rings is 1. The molecule has 0 saturated carbocycles. The molecule has 2 heterocycles. The average Bonchev–Trinajstić information content (AvgIpc) is 2.96. The second-order valence-electron chi connectivity index (χ2n) is 4.00. The van der Waals surface area contributed by atoms with Crippen molar-refractivity contribution >= 4 is 0 Å². The van der Waals surface area contributed by atoms with Gasteiger partial charge in [0.1, 0.15) is 11.4 Å². The van der Waals surface area contributed by atoms with Crippen LogP contribution in [0.15, 0.2) is 22.8 Å². The van der Waals surface area contributed by atoms with Gasteiger partial charge < -0.3 is 10.2 Å². The van der Waals surface area contributed by atoms with Crippen LogP contribution in [0.2, 0.25) is 0 Å². The minimum atomic E-state index is 0.379. The van der Waals surface area contributed by atoms with E-state index in [1.807, 2.05) is 16.8 Å². The van der Waals surface area contributed by atoms with E-state index in [0.717, 1.165) is 30.1 Å². The lowest BCUT2D eigenvalue weighted by atomic mass is 10.2. The number of rotatable bonds is 6. The van der Waals surface area contributed by atoms with Crippen LogP contribution in [0.3, 0.4) is 0 Å². The summed E-state index contributed by atoms with van der Waals surface area (Å²) < 4.78 is 7.30. The zero-order valence-corrected chi connectivity index (χ0v) is 10.1. The van der Waals surface area contributed by atoms with E-state index in [2.05, 4.69) is 17.2 Å². The van der Waals surface area contributed by atoms with Crippen LogP contribution >= 0.6 is 0 Å². The highest BCUT2D eigenvalue weighted by molar-refractivity contribution is 5.55.